The highest BCUT2D eigenvalue weighted by molar-refractivity contribution is 9.11. The molecule has 4 nitrogen and oxygen atoms in total. The first-order chi connectivity index (χ1) is 9.67. The zero-order valence-electron chi connectivity index (χ0n) is 11.0. The Kier molecular flexibility index (Phi) is 6.00. The Labute approximate surface area is 134 Å². The number of thiophene rings is 1. The number of nitrogens with one attached hydrogen (secondary N) is 1. The van der Waals surface area contributed by atoms with Crippen molar-refractivity contribution in [3.05, 3.63) is 31.9 Å². The zero-order valence-corrected chi connectivity index (χ0v) is 14.2. The third-order valence-corrected chi connectivity index (χ3v) is 5.17. The molecule has 1 N–H and O–H groups in total. The van der Waals surface area contributed by atoms with Crippen LogP contribution in [0, 0.1) is 0 Å². The molecule has 2 aromatic heterocycles. The molecule has 0 saturated heterocycles. The highest BCUT2D eigenvalue weighted by Crippen LogP contribution is 2.23. The van der Waals surface area contributed by atoms with Gasteiger partial charge in [0, 0.05) is 23.2 Å². The molecule has 0 aromatic carbocycles. The van der Waals surface area contributed by atoms with Crippen LogP contribution in [0.1, 0.15) is 17.0 Å². The van der Waals surface area contributed by atoms with Gasteiger partial charge in [-0.05, 0) is 34.5 Å². The van der Waals surface area contributed by atoms with Crippen molar-refractivity contribution in [3.8, 4) is 0 Å². The lowest BCUT2D eigenvalue weighted by atomic mass is 10.2. The van der Waals surface area contributed by atoms with Gasteiger partial charge in [-0.25, -0.2) is 4.98 Å². The predicted molar refractivity (Wildman–Crippen MR) is 86.7 cm³/mol. The van der Waals surface area contributed by atoms with E-state index in [4.69, 9.17) is 0 Å². The Morgan fingerprint density at radius 3 is 3.00 bits per heavy atom. The maximum Gasteiger partial charge on any atom is 0.305 e. The third kappa shape index (κ3) is 4.88. The second kappa shape index (κ2) is 7.75. The van der Waals surface area contributed by atoms with Crippen LogP contribution in [0.5, 0.6) is 0 Å². The average Bonchev–Trinajstić information content (AvgIpc) is 3.05. The third-order valence-electron chi connectivity index (χ3n) is 2.64. The van der Waals surface area contributed by atoms with E-state index in [1.54, 1.807) is 22.7 Å². The number of hydrogen-bond acceptors (Lipinski definition) is 6. The molecule has 0 aliphatic heterocycles. The van der Waals surface area contributed by atoms with E-state index >= 15 is 0 Å². The molecule has 2 rings (SSSR count). The van der Waals surface area contributed by atoms with Gasteiger partial charge in [-0.1, -0.05) is 0 Å². The highest BCUT2D eigenvalue weighted by atomic mass is 79.9. The molecular formula is C13H15BrN2O2S2. The van der Waals surface area contributed by atoms with Crippen molar-refractivity contribution in [1.82, 2.24) is 4.98 Å². The number of methoxy groups -OCH3 is 1. The van der Waals surface area contributed by atoms with Gasteiger partial charge in [0.15, 0.2) is 5.13 Å². The van der Waals surface area contributed by atoms with E-state index in [0.717, 1.165) is 27.6 Å². The molecule has 0 bridgehead atoms. The molecule has 0 amide bonds. The van der Waals surface area contributed by atoms with Crippen molar-refractivity contribution in [2.24, 2.45) is 0 Å². The van der Waals surface area contributed by atoms with Gasteiger partial charge in [0.2, 0.25) is 0 Å². The van der Waals surface area contributed by atoms with Crippen LogP contribution < -0.4 is 5.32 Å². The van der Waals surface area contributed by atoms with Crippen LogP contribution in [0.15, 0.2) is 21.3 Å². The van der Waals surface area contributed by atoms with Crippen molar-refractivity contribution >= 4 is 49.7 Å². The van der Waals surface area contributed by atoms with E-state index in [2.05, 4.69) is 43.1 Å². The summed E-state index contributed by atoms with van der Waals surface area (Å²) in [5.41, 5.74) is 0.932. The summed E-state index contributed by atoms with van der Waals surface area (Å²) < 4.78 is 5.77. The summed E-state index contributed by atoms with van der Waals surface area (Å²) in [4.78, 5) is 16.8. The maximum absolute atomic E-state index is 11.1. The van der Waals surface area contributed by atoms with Gasteiger partial charge < -0.3 is 10.1 Å². The largest absolute Gasteiger partial charge is 0.469 e. The first kappa shape index (κ1) is 15.5. The first-order valence-electron chi connectivity index (χ1n) is 6.16. The van der Waals surface area contributed by atoms with Crippen LogP contribution in [-0.4, -0.2) is 24.6 Å². The zero-order chi connectivity index (χ0) is 14.4. The lowest BCUT2D eigenvalue weighted by Crippen LogP contribution is -2.04. The van der Waals surface area contributed by atoms with E-state index in [1.807, 2.05) is 5.38 Å². The van der Waals surface area contributed by atoms with E-state index in [9.17, 15) is 4.79 Å². The number of aryl methyl sites for hydroxylation is 1. The van der Waals surface area contributed by atoms with Crippen molar-refractivity contribution in [3.63, 3.8) is 0 Å². The van der Waals surface area contributed by atoms with Gasteiger partial charge in [-0.2, -0.15) is 0 Å². The summed E-state index contributed by atoms with van der Waals surface area (Å²) in [7, 11) is 1.40. The minimum Gasteiger partial charge on any atom is -0.469 e. The van der Waals surface area contributed by atoms with Crippen molar-refractivity contribution in [2.75, 3.05) is 19.0 Å². The summed E-state index contributed by atoms with van der Waals surface area (Å²) in [5, 5.41) is 6.19. The normalized spacial score (nSPS) is 10.5. The number of hydrogen-bond donors (Lipinski definition) is 1. The maximum atomic E-state index is 11.1. The number of anilines is 1. The Morgan fingerprint density at radius 2 is 2.30 bits per heavy atom. The fraction of sp³-hybridized carbons (Fsp3) is 0.385. The molecule has 0 aliphatic rings. The lowest BCUT2D eigenvalue weighted by Gasteiger charge is -2.00. The lowest BCUT2D eigenvalue weighted by molar-refractivity contribution is -0.140. The average molecular weight is 375 g/mol. The SMILES string of the molecule is COC(=O)CCc1csc(NCCc2ccc(Br)s2)n1. The molecule has 0 fully saturated rings. The van der Waals surface area contributed by atoms with Crippen LogP contribution in [0.4, 0.5) is 5.13 Å². The van der Waals surface area contributed by atoms with Gasteiger partial charge in [0.1, 0.15) is 0 Å². The van der Waals surface area contributed by atoms with Crippen LogP contribution in [-0.2, 0) is 22.4 Å². The van der Waals surface area contributed by atoms with Crippen molar-refractivity contribution in [1.29, 1.82) is 0 Å². The molecular weight excluding hydrogens is 360 g/mol. The topological polar surface area (TPSA) is 51.2 Å². The van der Waals surface area contributed by atoms with E-state index in [1.165, 1.54) is 12.0 Å². The highest BCUT2D eigenvalue weighted by Gasteiger charge is 2.06. The Bertz CT molecular complexity index is 568. The molecule has 2 aromatic rings. The van der Waals surface area contributed by atoms with Crippen LogP contribution in [0.3, 0.4) is 0 Å². The van der Waals surface area contributed by atoms with Crippen LogP contribution >= 0.6 is 38.6 Å². The van der Waals surface area contributed by atoms with Gasteiger partial charge in [0.05, 0.1) is 23.0 Å². The fourth-order valence-electron chi connectivity index (χ4n) is 1.61. The summed E-state index contributed by atoms with van der Waals surface area (Å²) in [5.74, 6) is -0.198. The van der Waals surface area contributed by atoms with Gasteiger partial charge >= 0.3 is 5.97 Å². The van der Waals surface area contributed by atoms with Crippen LogP contribution in [0.25, 0.3) is 0 Å². The van der Waals surface area contributed by atoms with Crippen molar-refractivity contribution < 1.29 is 9.53 Å². The minimum absolute atomic E-state index is 0.198. The van der Waals surface area contributed by atoms with Gasteiger partial charge in [-0.15, -0.1) is 22.7 Å². The minimum atomic E-state index is -0.198. The first-order valence-corrected chi connectivity index (χ1v) is 8.65. The molecule has 0 spiro atoms. The van der Waals surface area contributed by atoms with E-state index in [-0.39, 0.29) is 5.97 Å². The van der Waals surface area contributed by atoms with E-state index < -0.39 is 0 Å². The quantitative estimate of drug-likeness (QED) is 0.750. The number of ether oxygens (including phenoxy) is 1. The van der Waals surface area contributed by atoms with E-state index in [0.29, 0.717) is 12.8 Å². The molecule has 0 radical (unpaired) electrons. The molecule has 0 atom stereocenters. The fourth-order valence-corrected chi connectivity index (χ4v) is 3.87. The summed E-state index contributed by atoms with van der Waals surface area (Å²) in [6, 6.07) is 4.19. The summed E-state index contributed by atoms with van der Waals surface area (Å²) in [6.45, 7) is 0.858. The number of halogens is 1. The standard InChI is InChI=1S/C13H15BrN2O2S2/c1-18-12(17)5-2-9-8-19-13(16-9)15-7-6-10-3-4-11(14)20-10/h3-4,8H,2,5-7H2,1H3,(H,15,16). The number of carbonyl (C=O) groups is 1. The Hall–Kier alpha value is -0.920. The molecule has 0 unspecified atom stereocenters. The molecule has 20 heavy (non-hydrogen) atoms. The van der Waals surface area contributed by atoms with Crippen LogP contribution in [0.2, 0.25) is 0 Å². The number of nitrogens with zero attached hydrogens (tertiary/aromatic N) is 1. The van der Waals surface area contributed by atoms with Gasteiger partial charge in [0.25, 0.3) is 0 Å². The molecule has 0 saturated carbocycles. The second-order valence-corrected chi connectivity index (χ2v) is 7.51. The smallest absolute Gasteiger partial charge is 0.305 e. The van der Waals surface area contributed by atoms with Crippen molar-refractivity contribution in [2.45, 2.75) is 19.3 Å². The summed E-state index contributed by atoms with van der Waals surface area (Å²) in [6.07, 6.45) is 1.99. The number of thiazole rings is 1. The molecule has 7 heteroatoms. The monoisotopic (exact) mass is 374 g/mol. The Balaban J connectivity index is 1.73. The predicted octanol–water partition coefficient (Wildman–Crippen LogP) is 3.73. The number of aromatic nitrogens is 1. The summed E-state index contributed by atoms with van der Waals surface area (Å²) >= 11 is 6.78. The second-order valence-electron chi connectivity index (χ2n) is 4.10. The number of esters is 1. The Morgan fingerprint density at radius 1 is 1.45 bits per heavy atom. The molecule has 2 heterocycles. The number of carbonyl (C=O) groups excluding carboxylic acids is 1. The molecule has 0 aliphatic carbocycles. The van der Waals surface area contributed by atoms with Gasteiger partial charge in [-0.3, -0.25) is 4.79 Å². The number of rotatable bonds is 7. The molecule has 108 valence electrons.